The summed E-state index contributed by atoms with van der Waals surface area (Å²) < 4.78 is 0. The van der Waals surface area contributed by atoms with Crippen molar-refractivity contribution in [3.8, 4) is 0 Å². The van der Waals surface area contributed by atoms with Crippen molar-refractivity contribution in [2.24, 2.45) is 11.7 Å². The normalized spacial score (nSPS) is 24.8. The minimum absolute atomic E-state index is 0.279. The smallest absolute Gasteiger partial charge is 0.144 e. The molecule has 5 nitrogen and oxygen atoms in total. The third kappa shape index (κ3) is 3.14. The van der Waals surface area contributed by atoms with E-state index < -0.39 is 0 Å². The summed E-state index contributed by atoms with van der Waals surface area (Å²) in [6, 6.07) is 0.450. The van der Waals surface area contributed by atoms with E-state index >= 15 is 0 Å². The summed E-state index contributed by atoms with van der Waals surface area (Å²) in [6.07, 6.45) is 4.43. The highest BCUT2D eigenvalue weighted by Gasteiger charge is 2.24. The molecule has 0 bridgehead atoms. The van der Waals surface area contributed by atoms with Crippen LogP contribution in [-0.2, 0) is 0 Å². The predicted molar refractivity (Wildman–Crippen MR) is 76.6 cm³/mol. The van der Waals surface area contributed by atoms with Crippen molar-refractivity contribution in [1.82, 2.24) is 14.9 Å². The Balaban J connectivity index is 1.99. The van der Waals surface area contributed by atoms with Gasteiger partial charge in [-0.1, -0.05) is 19.1 Å². The van der Waals surface area contributed by atoms with Crippen LogP contribution in [-0.4, -0.2) is 46.0 Å². The van der Waals surface area contributed by atoms with E-state index in [0.717, 1.165) is 25.3 Å². The quantitative estimate of drug-likeness (QED) is 0.790. The van der Waals surface area contributed by atoms with Crippen molar-refractivity contribution in [3.63, 3.8) is 0 Å². The van der Waals surface area contributed by atoms with Gasteiger partial charge in [-0.05, 0) is 25.9 Å². The fourth-order valence-corrected chi connectivity index (χ4v) is 2.39. The Bertz CT molecular complexity index is 419. The molecule has 2 heterocycles. The molecule has 0 aliphatic carbocycles. The lowest BCUT2D eigenvalue weighted by atomic mass is 9.94. The van der Waals surface area contributed by atoms with Gasteiger partial charge in [-0.3, -0.25) is 0 Å². The molecule has 0 aromatic carbocycles. The maximum atomic E-state index is 5.49. The van der Waals surface area contributed by atoms with E-state index in [1.165, 1.54) is 0 Å². The molecule has 6 heteroatoms. The number of rotatable bonds is 3. The second kappa shape index (κ2) is 5.58. The van der Waals surface area contributed by atoms with E-state index in [-0.39, 0.29) is 4.99 Å². The van der Waals surface area contributed by atoms with Crippen LogP contribution in [0.3, 0.4) is 0 Å². The standard InChI is InChI=1S/C12H19N5S/c1-8-7-17(2)4-3-9(8)16-11-6-14-10(5-15-11)12(13)18/h5-6,8-9H,3-4,7H2,1-2H3,(H2,13,18)(H,15,16). The highest BCUT2D eigenvalue weighted by Crippen LogP contribution is 2.18. The summed E-state index contributed by atoms with van der Waals surface area (Å²) in [4.78, 5) is 11.1. The van der Waals surface area contributed by atoms with Crippen LogP contribution < -0.4 is 11.1 Å². The number of nitrogens with two attached hydrogens (primary N) is 1. The predicted octanol–water partition coefficient (Wildman–Crippen LogP) is 0.863. The molecule has 18 heavy (non-hydrogen) atoms. The Labute approximate surface area is 113 Å². The van der Waals surface area contributed by atoms with Gasteiger partial charge in [0.1, 0.15) is 16.5 Å². The molecule has 1 aliphatic heterocycles. The van der Waals surface area contributed by atoms with Gasteiger partial charge in [0.15, 0.2) is 0 Å². The van der Waals surface area contributed by atoms with Crippen LogP contribution in [0.2, 0.25) is 0 Å². The van der Waals surface area contributed by atoms with Crippen molar-refractivity contribution in [1.29, 1.82) is 0 Å². The number of hydrogen-bond acceptors (Lipinski definition) is 5. The molecule has 0 radical (unpaired) electrons. The third-order valence-corrected chi connectivity index (χ3v) is 3.56. The van der Waals surface area contributed by atoms with Gasteiger partial charge < -0.3 is 16.0 Å². The molecule has 1 saturated heterocycles. The molecule has 1 fully saturated rings. The largest absolute Gasteiger partial charge is 0.388 e. The van der Waals surface area contributed by atoms with Crippen LogP contribution in [0.5, 0.6) is 0 Å². The molecule has 0 amide bonds. The van der Waals surface area contributed by atoms with Gasteiger partial charge in [0.05, 0.1) is 12.4 Å². The molecular formula is C12H19N5S. The lowest BCUT2D eigenvalue weighted by molar-refractivity contribution is 0.206. The number of hydrogen-bond donors (Lipinski definition) is 2. The summed E-state index contributed by atoms with van der Waals surface area (Å²) in [5.41, 5.74) is 6.05. The number of nitrogens with one attached hydrogen (secondary N) is 1. The molecule has 2 atom stereocenters. The van der Waals surface area contributed by atoms with Crippen LogP contribution in [0.4, 0.5) is 5.82 Å². The van der Waals surface area contributed by atoms with E-state index in [1.807, 2.05) is 0 Å². The van der Waals surface area contributed by atoms with Crippen LogP contribution >= 0.6 is 12.2 Å². The molecular weight excluding hydrogens is 246 g/mol. The average Bonchev–Trinajstić information content (AvgIpc) is 2.33. The SMILES string of the molecule is CC1CN(C)CCC1Nc1cnc(C(N)=S)cn1. The van der Waals surface area contributed by atoms with E-state index in [0.29, 0.717) is 17.7 Å². The molecule has 0 saturated carbocycles. The summed E-state index contributed by atoms with van der Waals surface area (Å²) in [5.74, 6) is 1.39. The lowest BCUT2D eigenvalue weighted by Gasteiger charge is -2.35. The maximum absolute atomic E-state index is 5.49. The summed E-state index contributed by atoms with van der Waals surface area (Å²) in [7, 11) is 2.16. The van der Waals surface area contributed by atoms with Gasteiger partial charge in [0, 0.05) is 12.6 Å². The molecule has 98 valence electrons. The highest BCUT2D eigenvalue weighted by molar-refractivity contribution is 7.80. The Hall–Kier alpha value is -1.27. The zero-order valence-electron chi connectivity index (χ0n) is 10.8. The van der Waals surface area contributed by atoms with Crippen molar-refractivity contribution >= 4 is 23.0 Å². The number of anilines is 1. The first-order valence-electron chi connectivity index (χ1n) is 6.13. The van der Waals surface area contributed by atoms with E-state index in [9.17, 15) is 0 Å². The first kappa shape index (κ1) is 13.2. The molecule has 0 spiro atoms. The Morgan fingerprint density at radius 2 is 2.28 bits per heavy atom. The summed E-state index contributed by atoms with van der Waals surface area (Å²) in [5, 5.41) is 3.43. The number of aromatic nitrogens is 2. The Morgan fingerprint density at radius 1 is 1.50 bits per heavy atom. The van der Waals surface area contributed by atoms with Gasteiger partial charge in [0.25, 0.3) is 0 Å². The van der Waals surface area contributed by atoms with Crippen molar-refractivity contribution in [2.75, 3.05) is 25.5 Å². The van der Waals surface area contributed by atoms with E-state index in [1.54, 1.807) is 12.4 Å². The third-order valence-electron chi connectivity index (χ3n) is 3.35. The van der Waals surface area contributed by atoms with Crippen LogP contribution in [0.15, 0.2) is 12.4 Å². The highest BCUT2D eigenvalue weighted by atomic mass is 32.1. The van der Waals surface area contributed by atoms with Crippen LogP contribution in [0.1, 0.15) is 19.0 Å². The fourth-order valence-electron chi connectivity index (χ4n) is 2.29. The van der Waals surface area contributed by atoms with Crippen LogP contribution in [0.25, 0.3) is 0 Å². The minimum atomic E-state index is 0.279. The number of likely N-dealkylation sites (tertiary alicyclic amines) is 1. The van der Waals surface area contributed by atoms with Gasteiger partial charge in [0.2, 0.25) is 0 Å². The average molecular weight is 265 g/mol. The zero-order valence-corrected chi connectivity index (χ0v) is 11.6. The lowest BCUT2D eigenvalue weighted by Crippen LogP contribution is -2.43. The molecule has 1 aliphatic rings. The zero-order chi connectivity index (χ0) is 13.1. The van der Waals surface area contributed by atoms with Gasteiger partial charge in [-0.15, -0.1) is 0 Å². The summed E-state index contributed by atoms with van der Waals surface area (Å²) >= 11 is 4.85. The Morgan fingerprint density at radius 3 is 2.83 bits per heavy atom. The molecule has 1 aromatic heterocycles. The number of piperidine rings is 1. The number of nitrogens with zero attached hydrogens (tertiary/aromatic N) is 3. The topological polar surface area (TPSA) is 67.1 Å². The maximum Gasteiger partial charge on any atom is 0.144 e. The van der Waals surface area contributed by atoms with E-state index in [4.69, 9.17) is 18.0 Å². The fraction of sp³-hybridized carbons (Fsp3) is 0.583. The monoisotopic (exact) mass is 265 g/mol. The van der Waals surface area contributed by atoms with Crippen molar-refractivity contribution in [2.45, 2.75) is 19.4 Å². The van der Waals surface area contributed by atoms with Crippen molar-refractivity contribution in [3.05, 3.63) is 18.1 Å². The molecule has 2 rings (SSSR count). The molecule has 3 N–H and O–H groups in total. The first-order valence-corrected chi connectivity index (χ1v) is 6.54. The van der Waals surface area contributed by atoms with Crippen molar-refractivity contribution < 1.29 is 0 Å². The minimum Gasteiger partial charge on any atom is -0.388 e. The second-order valence-electron chi connectivity index (χ2n) is 4.93. The first-order chi connectivity index (χ1) is 8.56. The van der Waals surface area contributed by atoms with E-state index in [2.05, 4.69) is 34.2 Å². The van der Waals surface area contributed by atoms with Crippen LogP contribution in [0, 0.1) is 5.92 Å². The molecule has 1 aromatic rings. The molecule has 2 unspecified atom stereocenters. The second-order valence-corrected chi connectivity index (χ2v) is 5.37. The van der Waals surface area contributed by atoms with Gasteiger partial charge >= 0.3 is 0 Å². The summed E-state index contributed by atoms with van der Waals surface area (Å²) in [6.45, 7) is 4.47. The van der Waals surface area contributed by atoms with Gasteiger partial charge in [-0.25, -0.2) is 9.97 Å². The number of thiocarbonyl (C=S) groups is 1. The van der Waals surface area contributed by atoms with Gasteiger partial charge in [-0.2, -0.15) is 0 Å². The Kier molecular flexibility index (Phi) is 4.08.